The average molecular weight is 269 g/mol. The highest BCUT2D eigenvalue weighted by atomic mass is 35.5. The molecular formula is C13H10Cl2O2. The van der Waals surface area contributed by atoms with Crippen molar-refractivity contribution in [3.8, 4) is 0 Å². The van der Waals surface area contributed by atoms with Crippen LogP contribution in [-0.2, 0) is 16.0 Å². The van der Waals surface area contributed by atoms with Crippen LogP contribution >= 0.6 is 23.2 Å². The summed E-state index contributed by atoms with van der Waals surface area (Å²) in [4.78, 5) is 11.2. The predicted molar refractivity (Wildman–Crippen MR) is 69.7 cm³/mol. The van der Waals surface area contributed by atoms with Crippen LogP contribution in [0.5, 0.6) is 0 Å². The molecule has 0 saturated carbocycles. The summed E-state index contributed by atoms with van der Waals surface area (Å²) in [5.41, 5.74) is 0.830. The maximum Gasteiger partial charge on any atom is 0.309 e. The molecule has 2 aromatic rings. The first kappa shape index (κ1) is 12.2. The highest BCUT2D eigenvalue weighted by molar-refractivity contribution is 6.37. The van der Waals surface area contributed by atoms with Crippen molar-refractivity contribution in [3.63, 3.8) is 0 Å². The lowest BCUT2D eigenvalue weighted by atomic mass is 10.1. The number of methoxy groups -OCH3 is 1. The van der Waals surface area contributed by atoms with E-state index in [1.54, 1.807) is 18.2 Å². The zero-order chi connectivity index (χ0) is 12.4. The van der Waals surface area contributed by atoms with Crippen molar-refractivity contribution in [1.82, 2.24) is 0 Å². The van der Waals surface area contributed by atoms with Crippen molar-refractivity contribution in [3.05, 3.63) is 45.9 Å². The van der Waals surface area contributed by atoms with E-state index in [2.05, 4.69) is 4.74 Å². The number of carbonyl (C=O) groups excluding carboxylic acids is 1. The number of benzene rings is 2. The standard InChI is InChI=1S/C13H10Cl2O2/c1-17-13(16)6-8-4-9-2-3-10(14)7-11(9)12(15)5-8/h2-5,7H,6H2,1H3. The lowest BCUT2D eigenvalue weighted by Crippen LogP contribution is -2.04. The number of halogens is 2. The second-order valence-electron chi connectivity index (χ2n) is 3.70. The van der Waals surface area contributed by atoms with Crippen molar-refractivity contribution >= 4 is 39.9 Å². The molecule has 0 aliphatic carbocycles. The van der Waals surface area contributed by atoms with E-state index >= 15 is 0 Å². The molecule has 17 heavy (non-hydrogen) atoms. The number of carbonyl (C=O) groups is 1. The monoisotopic (exact) mass is 268 g/mol. The SMILES string of the molecule is COC(=O)Cc1cc(Cl)c2cc(Cl)ccc2c1. The molecule has 0 aliphatic rings. The van der Waals surface area contributed by atoms with Gasteiger partial charge in [-0.25, -0.2) is 0 Å². The highest BCUT2D eigenvalue weighted by Crippen LogP contribution is 2.28. The average Bonchev–Trinajstić information content (AvgIpc) is 2.30. The number of fused-ring (bicyclic) bond motifs is 1. The molecule has 0 fully saturated rings. The minimum Gasteiger partial charge on any atom is -0.469 e. The second-order valence-corrected chi connectivity index (χ2v) is 4.54. The molecule has 2 rings (SSSR count). The summed E-state index contributed by atoms with van der Waals surface area (Å²) >= 11 is 12.1. The number of hydrogen-bond acceptors (Lipinski definition) is 2. The summed E-state index contributed by atoms with van der Waals surface area (Å²) < 4.78 is 4.62. The van der Waals surface area contributed by atoms with E-state index in [1.807, 2.05) is 12.1 Å². The fraction of sp³-hybridized carbons (Fsp3) is 0.154. The van der Waals surface area contributed by atoms with Gasteiger partial charge in [0.1, 0.15) is 0 Å². The normalized spacial score (nSPS) is 10.5. The van der Waals surface area contributed by atoms with E-state index in [-0.39, 0.29) is 12.4 Å². The molecule has 0 heterocycles. The first-order chi connectivity index (χ1) is 8.10. The van der Waals surface area contributed by atoms with Gasteiger partial charge in [-0.1, -0.05) is 35.3 Å². The van der Waals surface area contributed by atoms with Gasteiger partial charge < -0.3 is 4.74 Å². The molecule has 0 aromatic heterocycles. The van der Waals surface area contributed by atoms with Gasteiger partial charge >= 0.3 is 5.97 Å². The Balaban J connectivity index is 2.48. The summed E-state index contributed by atoms with van der Waals surface area (Å²) in [5.74, 6) is -0.283. The number of rotatable bonds is 2. The third-order valence-corrected chi connectivity index (χ3v) is 3.05. The van der Waals surface area contributed by atoms with E-state index < -0.39 is 0 Å². The molecule has 0 bridgehead atoms. The summed E-state index contributed by atoms with van der Waals surface area (Å²) in [5, 5.41) is 3.07. The lowest BCUT2D eigenvalue weighted by molar-refractivity contribution is -0.139. The number of hydrogen-bond donors (Lipinski definition) is 0. The van der Waals surface area contributed by atoms with Gasteiger partial charge in [-0.15, -0.1) is 0 Å². The first-order valence-corrected chi connectivity index (χ1v) is 5.80. The predicted octanol–water partition coefficient (Wildman–Crippen LogP) is 3.86. The Morgan fingerprint density at radius 2 is 2.00 bits per heavy atom. The maximum atomic E-state index is 11.2. The molecule has 0 saturated heterocycles. The minimum atomic E-state index is -0.283. The van der Waals surface area contributed by atoms with Crippen molar-refractivity contribution in [2.24, 2.45) is 0 Å². The smallest absolute Gasteiger partial charge is 0.309 e. The molecule has 88 valence electrons. The summed E-state index contributed by atoms with van der Waals surface area (Å²) in [6.45, 7) is 0. The van der Waals surface area contributed by atoms with Crippen LogP contribution < -0.4 is 0 Å². The van der Waals surface area contributed by atoms with Gasteiger partial charge in [0.25, 0.3) is 0 Å². The van der Waals surface area contributed by atoms with Gasteiger partial charge in [0, 0.05) is 15.4 Å². The van der Waals surface area contributed by atoms with Crippen LogP contribution in [0.25, 0.3) is 10.8 Å². The third kappa shape index (κ3) is 2.71. The Kier molecular flexibility index (Phi) is 3.55. The third-order valence-electron chi connectivity index (χ3n) is 2.50. The van der Waals surface area contributed by atoms with Crippen LogP contribution in [0.2, 0.25) is 10.0 Å². The lowest BCUT2D eigenvalue weighted by Gasteiger charge is -2.05. The fourth-order valence-electron chi connectivity index (χ4n) is 1.68. The molecule has 0 unspecified atom stereocenters. The highest BCUT2D eigenvalue weighted by Gasteiger charge is 2.07. The van der Waals surface area contributed by atoms with Gasteiger partial charge in [0.05, 0.1) is 13.5 Å². The molecule has 0 spiro atoms. The Morgan fingerprint density at radius 1 is 1.24 bits per heavy atom. The van der Waals surface area contributed by atoms with Crippen LogP contribution in [0.4, 0.5) is 0 Å². The van der Waals surface area contributed by atoms with Crippen LogP contribution in [0.3, 0.4) is 0 Å². The van der Waals surface area contributed by atoms with Crippen LogP contribution in [0.1, 0.15) is 5.56 Å². The molecule has 2 nitrogen and oxygen atoms in total. The minimum absolute atomic E-state index is 0.217. The van der Waals surface area contributed by atoms with Gasteiger partial charge in [-0.3, -0.25) is 4.79 Å². The molecule has 0 N–H and O–H groups in total. The van der Waals surface area contributed by atoms with Gasteiger partial charge in [0.15, 0.2) is 0 Å². The van der Waals surface area contributed by atoms with Gasteiger partial charge in [-0.2, -0.15) is 0 Å². The summed E-state index contributed by atoms with van der Waals surface area (Å²) in [7, 11) is 1.37. The van der Waals surface area contributed by atoms with Crippen LogP contribution in [0, 0.1) is 0 Å². The molecule has 0 radical (unpaired) electrons. The van der Waals surface area contributed by atoms with E-state index in [1.165, 1.54) is 7.11 Å². The van der Waals surface area contributed by atoms with E-state index in [0.717, 1.165) is 16.3 Å². The van der Waals surface area contributed by atoms with Gasteiger partial charge in [0.2, 0.25) is 0 Å². The molecular weight excluding hydrogens is 259 g/mol. The van der Waals surface area contributed by atoms with Crippen molar-refractivity contribution < 1.29 is 9.53 Å². The maximum absolute atomic E-state index is 11.2. The van der Waals surface area contributed by atoms with Crippen LogP contribution in [0.15, 0.2) is 30.3 Å². The zero-order valence-corrected chi connectivity index (χ0v) is 10.7. The molecule has 2 aromatic carbocycles. The zero-order valence-electron chi connectivity index (χ0n) is 9.17. The molecule has 0 aliphatic heterocycles. The summed E-state index contributed by atoms with van der Waals surface area (Å²) in [6, 6.07) is 9.15. The van der Waals surface area contributed by atoms with Gasteiger partial charge in [-0.05, 0) is 29.1 Å². The molecule has 0 amide bonds. The fourth-order valence-corrected chi connectivity index (χ4v) is 2.16. The summed E-state index contributed by atoms with van der Waals surface area (Å²) in [6.07, 6.45) is 0.217. The molecule has 4 heteroatoms. The topological polar surface area (TPSA) is 26.3 Å². The van der Waals surface area contributed by atoms with E-state index in [4.69, 9.17) is 23.2 Å². The van der Waals surface area contributed by atoms with Crippen LogP contribution in [-0.4, -0.2) is 13.1 Å². The molecule has 0 atom stereocenters. The Labute approximate surface area is 109 Å². The Bertz CT molecular complexity index is 579. The second kappa shape index (κ2) is 4.94. The first-order valence-electron chi connectivity index (χ1n) is 5.04. The van der Waals surface area contributed by atoms with Crippen molar-refractivity contribution in [2.45, 2.75) is 6.42 Å². The largest absolute Gasteiger partial charge is 0.469 e. The Hall–Kier alpha value is -1.25. The van der Waals surface area contributed by atoms with Crippen molar-refractivity contribution in [1.29, 1.82) is 0 Å². The number of esters is 1. The number of ether oxygens (including phenoxy) is 1. The Morgan fingerprint density at radius 3 is 2.71 bits per heavy atom. The van der Waals surface area contributed by atoms with Crippen molar-refractivity contribution in [2.75, 3.05) is 7.11 Å². The van der Waals surface area contributed by atoms with E-state index in [0.29, 0.717) is 10.0 Å². The quantitative estimate of drug-likeness (QED) is 0.774. The van der Waals surface area contributed by atoms with E-state index in [9.17, 15) is 4.79 Å².